The highest BCUT2D eigenvalue weighted by atomic mass is 127. The smallest absolute Gasteiger partial charge is 0.134 e. The second-order valence-corrected chi connectivity index (χ2v) is 8.76. The first kappa shape index (κ1) is 10.2. The van der Waals surface area contributed by atoms with E-state index < -0.39 is 7.14 Å². The highest BCUT2D eigenvalue weighted by Gasteiger charge is 2.52. The molecule has 1 aromatic rings. The SMILES string of the molecule is O=P(c1ccnnc1I)(C1CC1)C1CC1. The number of nitrogens with zero attached hydrogens (tertiary/aromatic N) is 2. The summed E-state index contributed by atoms with van der Waals surface area (Å²) in [4.78, 5) is 0. The number of halogens is 1. The molecule has 1 aromatic heterocycles. The summed E-state index contributed by atoms with van der Waals surface area (Å²) in [6, 6.07) is 1.92. The average Bonchev–Trinajstić information content (AvgIpc) is 3.06. The third kappa shape index (κ3) is 1.66. The van der Waals surface area contributed by atoms with Crippen molar-refractivity contribution in [1.82, 2.24) is 10.2 Å². The second-order valence-electron chi connectivity index (χ2n) is 4.38. The van der Waals surface area contributed by atoms with Crippen LogP contribution in [0.2, 0.25) is 0 Å². The van der Waals surface area contributed by atoms with Crippen molar-refractivity contribution in [2.24, 2.45) is 0 Å². The minimum Gasteiger partial charge on any atom is -0.318 e. The van der Waals surface area contributed by atoms with Gasteiger partial charge in [0.2, 0.25) is 0 Å². The lowest BCUT2D eigenvalue weighted by Gasteiger charge is -2.17. The molecule has 0 saturated heterocycles. The normalized spacial score (nSPS) is 21.7. The van der Waals surface area contributed by atoms with Gasteiger partial charge in [0.25, 0.3) is 0 Å². The lowest BCUT2D eigenvalue weighted by atomic mass is 10.6. The molecule has 0 atom stereocenters. The summed E-state index contributed by atoms with van der Waals surface area (Å²) in [6.45, 7) is 0. The lowest BCUT2D eigenvalue weighted by Crippen LogP contribution is -2.17. The van der Waals surface area contributed by atoms with E-state index in [0.29, 0.717) is 11.3 Å². The summed E-state index contributed by atoms with van der Waals surface area (Å²) < 4.78 is 13.9. The van der Waals surface area contributed by atoms with E-state index in [2.05, 4.69) is 32.8 Å². The standard InChI is InChI=1S/C10H12IN2OP/c11-10-9(5-6-12-13-10)15(14,7-1-2-7)8-3-4-8/h5-8H,1-4H2. The molecule has 2 saturated carbocycles. The summed E-state index contributed by atoms with van der Waals surface area (Å²) in [6.07, 6.45) is 6.26. The summed E-state index contributed by atoms with van der Waals surface area (Å²) in [7, 11) is -2.14. The largest absolute Gasteiger partial charge is 0.318 e. The van der Waals surface area contributed by atoms with Gasteiger partial charge < -0.3 is 4.57 Å². The molecule has 15 heavy (non-hydrogen) atoms. The third-order valence-corrected chi connectivity index (χ3v) is 8.75. The van der Waals surface area contributed by atoms with Gasteiger partial charge in [-0.3, -0.25) is 0 Å². The first-order chi connectivity index (χ1) is 7.23. The monoisotopic (exact) mass is 334 g/mol. The van der Waals surface area contributed by atoms with Crippen LogP contribution in [0.1, 0.15) is 25.7 Å². The van der Waals surface area contributed by atoms with Crippen LogP contribution in [0.4, 0.5) is 0 Å². The molecule has 0 amide bonds. The van der Waals surface area contributed by atoms with Gasteiger partial charge >= 0.3 is 0 Å². The van der Waals surface area contributed by atoms with Gasteiger partial charge in [-0.05, 0) is 54.3 Å². The maximum atomic E-state index is 13.1. The number of hydrogen-bond acceptors (Lipinski definition) is 3. The number of aromatic nitrogens is 2. The van der Waals surface area contributed by atoms with Crippen LogP contribution in [-0.2, 0) is 4.57 Å². The van der Waals surface area contributed by atoms with Gasteiger partial charge in [0.05, 0.1) is 6.20 Å². The first-order valence-electron chi connectivity index (χ1n) is 5.30. The molecule has 0 bridgehead atoms. The fourth-order valence-electron chi connectivity index (χ4n) is 2.18. The van der Waals surface area contributed by atoms with Crippen molar-refractivity contribution in [3.63, 3.8) is 0 Å². The van der Waals surface area contributed by atoms with E-state index in [1.807, 2.05) is 6.07 Å². The van der Waals surface area contributed by atoms with E-state index in [9.17, 15) is 4.57 Å². The van der Waals surface area contributed by atoms with E-state index in [0.717, 1.165) is 34.7 Å². The van der Waals surface area contributed by atoms with Crippen LogP contribution in [0.5, 0.6) is 0 Å². The van der Waals surface area contributed by atoms with E-state index in [1.165, 1.54) is 0 Å². The highest BCUT2D eigenvalue weighted by molar-refractivity contribution is 14.1. The Bertz CT molecular complexity index is 427. The summed E-state index contributed by atoms with van der Waals surface area (Å²) in [5, 5.41) is 8.87. The van der Waals surface area contributed by atoms with Crippen molar-refractivity contribution in [3.05, 3.63) is 16.0 Å². The molecular formula is C10H12IN2OP. The maximum Gasteiger partial charge on any atom is 0.134 e. The van der Waals surface area contributed by atoms with Crippen LogP contribution >= 0.6 is 29.7 Å². The molecule has 2 aliphatic carbocycles. The summed E-state index contributed by atoms with van der Waals surface area (Å²) in [5.41, 5.74) is 0.922. The molecule has 0 aliphatic heterocycles. The minimum atomic E-state index is -2.14. The second kappa shape index (κ2) is 3.52. The molecule has 2 aliphatic rings. The van der Waals surface area contributed by atoms with Crippen LogP contribution in [-0.4, -0.2) is 21.5 Å². The van der Waals surface area contributed by atoms with E-state index in [-0.39, 0.29) is 0 Å². The predicted molar refractivity (Wildman–Crippen MR) is 68.0 cm³/mol. The Hall–Kier alpha value is 0.0400. The molecule has 0 spiro atoms. The van der Waals surface area contributed by atoms with Crippen molar-refractivity contribution < 1.29 is 4.57 Å². The van der Waals surface area contributed by atoms with Crippen molar-refractivity contribution in [3.8, 4) is 0 Å². The van der Waals surface area contributed by atoms with Crippen LogP contribution in [0.25, 0.3) is 0 Å². The molecule has 5 heteroatoms. The maximum absolute atomic E-state index is 13.1. The molecule has 2 fully saturated rings. The van der Waals surface area contributed by atoms with Gasteiger partial charge in [0.1, 0.15) is 10.8 Å². The predicted octanol–water partition coefficient (Wildman–Crippen LogP) is 2.39. The number of hydrogen-bond donors (Lipinski definition) is 0. The summed E-state index contributed by atoms with van der Waals surface area (Å²) in [5.74, 6) is 0. The van der Waals surface area contributed by atoms with Gasteiger partial charge in [0, 0.05) is 16.6 Å². The van der Waals surface area contributed by atoms with Crippen molar-refractivity contribution in [1.29, 1.82) is 0 Å². The van der Waals surface area contributed by atoms with Gasteiger partial charge in [-0.2, -0.15) is 5.10 Å². The quantitative estimate of drug-likeness (QED) is 0.630. The van der Waals surface area contributed by atoms with Gasteiger partial charge in [-0.25, -0.2) is 0 Å². The minimum absolute atomic E-state index is 0.461. The lowest BCUT2D eigenvalue weighted by molar-refractivity contribution is 0.579. The molecule has 0 aromatic carbocycles. The zero-order valence-corrected chi connectivity index (χ0v) is 11.3. The molecule has 0 N–H and O–H groups in total. The average molecular weight is 334 g/mol. The Morgan fingerprint density at radius 1 is 1.27 bits per heavy atom. The van der Waals surface area contributed by atoms with Crippen LogP contribution in [0.15, 0.2) is 12.3 Å². The fraction of sp³-hybridized carbons (Fsp3) is 0.600. The van der Waals surface area contributed by atoms with E-state index in [1.54, 1.807) is 6.20 Å². The number of rotatable bonds is 3. The highest BCUT2D eigenvalue weighted by Crippen LogP contribution is 2.69. The summed E-state index contributed by atoms with van der Waals surface area (Å²) >= 11 is 2.16. The molecule has 0 radical (unpaired) electrons. The molecule has 1 heterocycles. The Balaban J connectivity index is 2.09. The van der Waals surface area contributed by atoms with E-state index in [4.69, 9.17) is 0 Å². The Kier molecular flexibility index (Phi) is 2.40. The van der Waals surface area contributed by atoms with Gasteiger partial charge in [-0.1, -0.05) is 0 Å². The van der Waals surface area contributed by atoms with Crippen molar-refractivity contribution in [2.75, 3.05) is 0 Å². The Labute approximate surface area is 103 Å². The van der Waals surface area contributed by atoms with Gasteiger partial charge in [0.15, 0.2) is 0 Å². The van der Waals surface area contributed by atoms with E-state index >= 15 is 0 Å². The van der Waals surface area contributed by atoms with Crippen LogP contribution in [0, 0.1) is 3.70 Å². The van der Waals surface area contributed by atoms with Crippen molar-refractivity contribution in [2.45, 2.75) is 37.0 Å². The van der Waals surface area contributed by atoms with Crippen LogP contribution in [0.3, 0.4) is 0 Å². The zero-order valence-electron chi connectivity index (χ0n) is 8.27. The molecule has 80 valence electrons. The van der Waals surface area contributed by atoms with Crippen molar-refractivity contribution >= 4 is 35.0 Å². The van der Waals surface area contributed by atoms with Gasteiger partial charge in [-0.15, -0.1) is 5.10 Å². The first-order valence-corrected chi connectivity index (χ1v) is 8.22. The fourth-order valence-corrected chi connectivity index (χ4v) is 7.46. The molecule has 3 nitrogen and oxygen atoms in total. The molecule has 3 rings (SSSR count). The molecular weight excluding hydrogens is 322 g/mol. The Morgan fingerprint density at radius 2 is 1.87 bits per heavy atom. The third-order valence-electron chi connectivity index (χ3n) is 3.21. The topological polar surface area (TPSA) is 42.9 Å². The molecule has 0 unspecified atom stereocenters. The van der Waals surface area contributed by atoms with Crippen LogP contribution < -0.4 is 5.30 Å². The zero-order chi connectivity index (χ0) is 10.5. The Morgan fingerprint density at radius 3 is 2.33 bits per heavy atom.